The third-order valence-electron chi connectivity index (χ3n) is 3.53. The Hall–Kier alpha value is -1.30. The zero-order valence-corrected chi connectivity index (χ0v) is 16.0. The van der Waals surface area contributed by atoms with E-state index >= 15 is 0 Å². The highest BCUT2D eigenvalue weighted by Crippen LogP contribution is 2.21. The van der Waals surface area contributed by atoms with Crippen LogP contribution in [0.1, 0.15) is 50.4 Å². The van der Waals surface area contributed by atoms with Gasteiger partial charge in [0.15, 0.2) is 0 Å². The Morgan fingerprint density at radius 3 is 2.50 bits per heavy atom. The average Bonchev–Trinajstić information content (AvgIpc) is 2.52. The Morgan fingerprint density at radius 2 is 1.96 bits per heavy atom. The van der Waals surface area contributed by atoms with Crippen molar-refractivity contribution in [3.05, 3.63) is 28.8 Å². The lowest BCUT2D eigenvalue weighted by Gasteiger charge is -2.17. The number of carbonyl (C=O) groups is 2. The van der Waals surface area contributed by atoms with Crippen molar-refractivity contribution in [2.75, 3.05) is 11.9 Å². The summed E-state index contributed by atoms with van der Waals surface area (Å²) in [7, 11) is 0. The van der Waals surface area contributed by atoms with Gasteiger partial charge in [-0.25, -0.2) is 0 Å². The predicted octanol–water partition coefficient (Wildman–Crippen LogP) is 3.60. The van der Waals surface area contributed by atoms with Crippen LogP contribution in [0.3, 0.4) is 0 Å². The molecule has 0 bridgehead atoms. The normalized spacial score (nSPS) is 11.6. The van der Waals surface area contributed by atoms with Gasteiger partial charge in [0.05, 0.1) is 10.6 Å². The minimum Gasteiger partial charge on any atom is -0.348 e. The molecule has 0 radical (unpaired) electrons. The van der Waals surface area contributed by atoms with Crippen molar-refractivity contribution in [2.24, 2.45) is 11.7 Å². The second kappa shape index (κ2) is 11.3. The molecule has 7 heteroatoms. The van der Waals surface area contributed by atoms with Crippen LogP contribution in [0.5, 0.6) is 0 Å². The van der Waals surface area contributed by atoms with Crippen LogP contribution in [-0.2, 0) is 4.79 Å². The SMILES string of the molecule is CCCCC(CN)NC(=O)c1cc(NC(=O)C(C)C)ccc1Cl.Cl. The molecule has 0 aromatic heterocycles. The highest BCUT2D eigenvalue weighted by Gasteiger charge is 2.16. The number of rotatable bonds is 8. The second-order valence-electron chi connectivity index (χ2n) is 5.89. The zero-order chi connectivity index (χ0) is 17.4. The number of nitrogens with one attached hydrogen (secondary N) is 2. The summed E-state index contributed by atoms with van der Waals surface area (Å²) >= 11 is 6.12. The Bertz CT molecular complexity index is 551. The first kappa shape index (κ1) is 22.7. The van der Waals surface area contributed by atoms with E-state index in [4.69, 9.17) is 17.3 Å². The molecule has 1 rings (SSSR count). The van der Waals surface area contributed by atoms with Gasteiger partial charge < -0.3 is 16.4 Å². The predicted molar refractivity (Wildman–Crippen MR) is 102 cm³/mol. The molecule has 0 saturated carbocycles. The van der Waals surface area contributed by atoms with Crippen LogP contribution in [0.15, 0.2) is 18.2 Å². The second-order valence-corrected chi connectivity index (χ2v) is 6.29. The first-order valence-corrected chi connectivity index (χ1v) is 8.38. The van der Waals surface area contributed by atoms with Crippen LogP contribution in [0.2, 0.25) is 5.02 Å². The molecule has 136 valence electrons. The van der Waals surface area contributed by atoms with Gasteiger partial charge in [0, 0.05) is 24.2 Å². The summed E-state index contributed by atoms with van der Waals surface area (Å²) in [4.78, 5) is 24.2. The number of unbranched alkanes of at least 4 members (excludes halogenated alkanes) is 1. The Labute approximate surface area is 155 Å². The fraction of sp³-hybridized carbons (Fsp3) is 0.529. The molecule has 1 unspecified atom stereocenters. The summed E-state index contributed by atoms with van der Waals surface area (Å²) in [6.07, 6.45) is 2.88. The van der Waals surface area contributed by atoms with E-state index in [0.717, 1.165) is 19.3 Å². The molecule has 0 heterocycles. The van der Waals surface area contributed by atoms with E-state index in [0.29, 0.717) is 22.8 Å². The molecule has 1 aromatic rings. The van der Waals surface area contributed by atoms with Gasteiger partial charge in [-0.3, -0.25) is 9.59 Å². The van der Waals surface area contributed by atoms with E-state index < -0.39 is 0 Å². The molecule has 0 spiro atoms. The monoisotopic (exact) mass is 375 g/mol. The fourth-order valence-corrected chi connectivity index (χ4v) is 2.23. The lowest BCUT2D eigenvalue weighted by atomic mass is 10.1. The van der Waals surface area contributed by atoms with Crippen LogP contribution in [0, 0.1) is 5.92 Å². The van der Waals surface area contributed by atoms with Crippen molar-refractivity contribution in [2.45, 2.75) is 46.1 Å². The lowest BCUT2D eigenvalue weighted by molar-refractivity contribution is -0.118. The molecule has 5 nitrogen and oxygen atoms in total. The molecule has 1 atom stereocenters. The van der Waals surface area contributed by atoms with Gasteiger partial charge in [-0.05, 0) is 24.6 Å². The summed E-state index contributed by atoms with van der Waals surface area (Å²) in [5.74, 6) is -0.526. The maximum absolute atomic E-state index is 12.4. The van der Waals surface area contributed by atoms with Gasteiger partial charge in [-0.1, -0.05) is 45.2 Å². The van der Waals surface area contributed by atoms with Crippen molar-refractivity contribution < 1.29 is 9.59 Å². The van der Waals surface area contributed by atoms with Crippen LogP contribution < -0.4 is 16.4 Å². The highest BCUT2D eigenvalue weighted by atomic mass is 35.5. The van der Waals surface area contributed by atoms with E-state index in [1.807, 2.05) is 0 Å². The van der Waals surface area contributed by atoms with Crippen molar-refractivity contribution in [3.63, 3.8) is 0 Å². The Balaban J connectivity index is 0.00000529. The van der Waals surface area contributed by atoms with Crippen LogP contribution in [0.4, 0.5) is 5.69 Å². The number of amides is 2. The van der Waals surface area contributed by atoms with Crippen molar-refractivity contribution in [3.8, 4) is 0 Å². The third-order valence-corrected chi connectivity index (χ3v) is 3.86. The number of carbonyl (C=O) groups excluding carboxylic acids is 2. The molecule has 0 aliphatic carbocycles. The molecule has 2 amide bonds. The Morgan fingerprint density at radius 1 is 1.29 bits per heavy atom. The molecular weight excluding hydrogens is 349 g/mol. The number of nitrogens with two attached hydrogens (primary N) is 1. The minimum atomic E-state index is -0.276. The molecular formula is C17H27Cl2N3O2. The number of benzene rings is 1. The highest BCUT2D eigenvalue weighted by molar-refractivity contribution is 6.34. The molecule has 0 aliphatic heterocycles. The first-order chi connectivity index (χ1) is 10.9. The molecule has 1 aromatic carbocycles. The van der Waals surface area contributed by atoms with E-state index in [1.54, 1.807) is 32.0 Å². The van der Waals surface area contributed by atoms with Crippen molar-refractivity contribution in [1.82, 2.24) is 5.32 Å². The van der Waals surface area contributed by atoms with Gasteiger partial charge in [-0.2, -0.15) is 0 Å². The van der Waals surface area contributed by atoms with Crippen LogP contribution >= 0.6 is 24.0 Å². The maximum atomic E-state index is 12.4. The van der Waals surface area contributed by atoms with E-state index in [1.165, 1.54) is 0 Å². The summed E-state index contributed by atoms with van der Waals surface area (Å²) < 4.78 is 0. The minimum absolute atomic E-state index is 0. The largest absolute Gasteiger partial charge is 0.348 e. The first-order valence-electron chi connectivity index (χ1n) is 8.00. The van der Waals surface area contributed by atoms with Crippen LogP contribution in [0.25, 0.3) is 0 Å². The van der Waals surface area contributed by atoms with E-state index in [9.17, 15) is 9.59 Å². The average molecular weight is 376 g/mol. The fourth-order valence-electron chi connectivity index (χ4n) is 2.03. The number of anilines is 1. The molecule has 24 heavy (non-hydrogen) atoms. The standard InChI is InChI=1S/C17H26ClN3O2.ClH/c1-4-5-6-13(10-19)21-17(23)14-9-12(7-8-15(14)18)20-16(22)11(2)3;/h7-9,11,13H,4-6,10,19H2,1-3H3,(H,20,22)(H,21,23);1H. The van der Waals surface area contributed by atoms with Crippen molar-refractivity contribution >= 4 is 41.5 Å². The van der Waals surface area contributed by atoms with Gasteiger partial charge in [0.2, 0.25) is 5.91 Å². The quantitative estimate of drug-likeness (QED) is 0.648. The topological polar surface area (TPSA) is 84.2 Å². The smallest absolute Gasteiger partial charge is 0.253 e. The molecule has 0 aliphatic rings. The number of halogens is 2. The van der Waals surface area contributed by atoms with Gasteiger partial charge in [0.25, 0.3) is 5.91 Å². The van der Waals surface area contributed by atoms with Gasteiger partial charge >= 0.3 is 0 Å². The molecule has 0 saturated heterocycles. The summed E-state index contributed by atoms with van der Waals surface area (Å²) in [6, 6.07) is 4.80. The van der Waals surface area contributed by atoms with E-state index in [2.05, 4.69) is 17.6 Å². The van der Waals surface area contributed by atoms with Gasteiger partial charge in [-0.15, -0.1) is 12.4 Å². The van der Waals surface area contributed by atoms with Gasteiger partial charge in [0.1, 0.15) is 0 Å². The molecule has 4 N–H and O–H groups in total. The summed E-state index contributed by atoms with van der Waals surface area (Å²) in [5.41, 5.74) is 6.59. The van der Waals surface area contributed by atoms with Crippen molar-refractivity contribution in [1.29, 1.82) is 0 Å². The number of hydrogen-bond acceptors (Lipinski definition) is 3. The molecule has 0 fully saturated rings. The number of hydrogen-bond donors (Lipinski definition) is 3. The third kappa shape index (κ3) is 7.07. The zero-order valence-electron chi connectivity index (χ0n) is 14.4. The van der Waals surface area contributed by atoms with Crippen LogP contribution in [-0.4, -0.2) is 24.4 Å². The lowest BCUT2D eigenvalue weighted by Crippen LogP contribution is -2.40. The summed E-state index contributed by atoms with van der Waals surface area (Å²) in [6.45, 7) is 6.08. The maximum Gasteiger partial charge on any atom is 0.253 e. The summed E-state index contributed by atoms with van der Waals surface area (Å²) in [5, 5.41) is 6.01. The van der Waals surface area contributed by atoms with E-state index in [-0.39, 0.29) is 36.2 Å². The Kier molecular flexibility index (Phi) is 10.7.